The molecule has 1 N–H and O–H groups in total. The maximum Gasteiger partial charge on any atom is 0.262 e. The topological polar surface area (TPSA) is 56.2 Å². The molecule has 33 heavy (non-hydrogen) atoms. The molecule has 0 amide bonds. The molecule has 0 aliphatic heterocycles. The van der Waals surface area contributed by atoms with Crippen molar-refractivity contribution in [1.29, 1.82) is 0 Å². The van der Waals surface area contributed by atoms with E-state index < -0.39 is 0 Å². The van der Waals surface area contributed by atoms with Crippen LogP contribution in [0, 0.1) is 0 Å². The Morgan fingerprint density at radius 2 is 1.97 bits per heavy atom. The zero-order valence-corrected chi connectivity index (χ0v) is 19.7. The summed E-state index contributed by atoms with van der Waals surface area (Å²) in [5.74, 6) is 0.840. The van der Waals surface area contributed by atoms with Gasteiger partial charge in [0.05, 0.1) is 18.8 Å². The summed E-state index contributed by atoms with van der Waals surface area (Å²) >= 11 is 1.69. The molecule has 1 aliphatic rings. The van der Waals surface area contributed by atoms with Crippen LogP contribution in [0.2, 0.25) is 0 Å². The second-order valence-corrected chi connectivity index (χ2v) is 9.74. The number of hydrogen-bond acceptors (Lipinski definition) is 5. The van der Waals surface area contributed by atoms with E-state index in [9.17, 15) is 4.79 Å². The summed E-state index contributed by atoms with van der Waals surface area (Å²) in [6.07, 6.45) is 6.50. The number of nitrogens with zero attached hydrogens (tertiary/aromatic N) is 2. The monoisotopic (exact) mass is 459 g/mol. The number of benzene rings is 2. The third-order valence-electron chi connectivity index (χ3n) is 6.50. The number of aromatic nitrogens is 2. The fourth-order valence-electron chi connectivity index (χ4n) is 4.68. The lowest BCUT2D eigenvalue weighted by molar-refractivity contribution is 0.414. The maximum atomic E-state index is 13.3. The van der Waals surface area contributed by atoms with Gasteiger partial charge in [0.1, 0.15) is 10.6 Å². The quantitative estimate of drug-likeness (QED) is 0.424. The average Bonchev–Trinajstić information content (AvgIpc) is 3.23. The Kier molecular flexibility index (Phi) is 6.55. The Hall–Kier alpha value is -2.96. The summed E-state index contributed by atoms with van der Waals surface area (Å²) in [6, 6.07) is 19.1. The Balaban J connectivity index is 1.27. The first-order valence-corrected chi connectivity index (χ1v) is 12.4. The Morgan fingerprint density at radius 1 is 1.12 bits per heavy atom. The third-order valence-corrected chi connectivity index (χ3v) is 7.66. The molecule has 170 valence electrons. The van der Waals surface area contributed by atoms with Crippen LogP contribution in [0.25, 0.3) is 10.2 Å². The van der Waals surface area contributed by atoms with Crippen molar-refractivity contribution in [2.75, 3.05) is 13.7 Å². The predicted octanol–water partition coefficient (Wildman–Crippen LogP) is 4.40. The first kappa shape index (κ1) is 21.9. The van der Waals surface area contributed by atoms with E-state index >= 15 is 0 Å². The van der Waals surface area contributed by atoms with E-state index in [1.165, 1.54) is 16.0 Å². The van der Waals surface area contributed by atoms with Crippen LogP contribution in [-0.4, -0.2) is 29.2 Å². The summed E-state index contributed by atoms with van der Waals surface area (Å²) in [7, 11) is 1.67. The Bertz CT molecular complexity index is 1300. The van der Waals surface area contributed by atoms with Gasteiger partial charge in [-0.15, -0.1) is 11.3 Å². The van der Waals surface area contributed by atoms with Gasteiger partial charge in [0, 0.05) is 17.5 Å². The molecule has 4 aromatic rings. The van der Waals surface area contributed by atoms with E-state index in [-0.39, 0.29) is 5.56 Å². The van der Waals surface area contributed by atoms with Crippen molar-refractivity contribution in [2.24, 2.45) is 0 Å². The zero-order valence-electron chi connectivity index (χ0n) is 18.9. The molecular weight excluding hydrogens is 430 g/mol. The molecule has 2 aromatic heterocycles. The fraction of sp³-hybridized carbons (Fsp3) is 0.333. The minimum atomic E-state index is 0.0934. The predicted molar refractivity (Wildman–Crippen MR) is 135 cm³/mol. The van der Waals surface area contributed by atoms with E-state index in [1.807, 2.05) is 18.2 Å². The molecule has 6 heteroatoms. The van der Waals surface area contributed by atoms with Gasteiger partial charge in [-0.3, -0.25) is 9.36 Å². The van der Waals surface area contributed by atoms with Crippen LogP contribution in [0.3, 0.4) is 0 Å². The SMILES string of the molecule is COc1cccc(CCn2cnc3sc4c(c3c2=O)CCC(NCCc2ccccc2)C4)c1. The number of ether oxygens (including phenoxy) is 1. The lowest BCUT2D eigenvalue weighted by Crippen LogP contribution is -2.35. The summed E-state index contributed by atoms with van der Waals surface area (Å²) in [5.41, 5.74) is 3.83. The highest BCUT2D eigenvalue weighted by molar-refractivity contribution is 7.18. The Labute approximate surface area is 198 Å². The largest absolute Gasteiger partial charge is 0.497 e. The van der Waals surface area contributed by atoms with E-state index in [2.05, 4.69) is 46.7 Å². The van der Waals surface area contributed by atoms with Crippen LogP contribution >= 0.6 is 11.3 Å². The normalized spacial score (nSPS) is 15.5. The minimum absolute atomic E-state index is 0.0934. The summed E-state index contributed by atoms with van der Waals surface area (Å²) < 4.78 is 7.07. The van der Waals surface area contributed by atoms with Gasteiger partial charge in [-0.1, -0.05) is 42.5 Å². The molecule has 2 heterocycles. The molecule has 1 unspecified atom stereocenters. The van der Waals surface area contributed by atoms with E-state index in [4.69, 9.17) is 4.74 Å². The number of methoxy groups -OCH3 is 1. The number of thiophene rings is 1. The van der Waals surface area contributed by atoms with Crippen molar-refractivity contribution in [3.8, 4) is 5.75 Å². The van der Waals surface area contributed by atoms with Crippen LogP contribution < -0.4 is 15.6 Å². The van der Waals surface area contributed by atoms with Gasteiger partial charge in [-0.25, -0.2) is 4.98 Å². The van der Waals surface area contributed by atoms with Crippen molar-refractivity contribution >= 4 is 21.6 Å². The lowest BCUT2D eigenvalue weighted by atomic mass is 9.93. The van der Waals surface area contributed by atoms with Crippen molar-refractivity contribution < 1.29 is 4.74 Å². The summed E-state index contributed by atoms with van der Waals surface area (Å²) in [6.45, 7) is 1.59. The highest BCUT2D eigenvalue weighted by Crippen LogP contribution is 2.33. The molecule has 0 spiro atoms. The minimum Gasteiger partial charge on any atom is -0.497 e. The van der Waals surface area contributed by atoms with Gasteiger partial charge in [0.25, 0.3) is 5.56 Å². The van der Waals surface area contributed by atoms with Gasteiger partial charge in [-0.05, 0) is 67.5 Å². The molecule has 0 radical (unpaired) electrons. The van der Waals surface area contributed by atoms with E-state index in [0.717, 1.165) is 60.2 Å². The molecular formula is C27H29N3O2S. The van der Waals surface area contributed by atoms with Gasteiger partial charge in [-0.2, -0.15) is 0 Å². The second-order valence-electron chi connectivity index (χ2n) is 8.66. The van der Waals surface area contributed by atoms with Crippen LogP contribution in [0.1, 0.15) is 28.0 Å². The molecule has 2 aromatic carbocycles. The number of fused-ring (bicyclic) bond motifs is 3. The maximum absolute atomic E-state index is 13.3. The van der Waals surface area contributed by atoms with Gasteiger partial charge in [0.15, 0.2) is 0 Å². The molecule has 1 aliphatic carbocycles. The van der Waals surface area contributed by atoms with Gasteiger partial charge >= 0.3 is 0 Å². The van der Waals surface area contributed by atoms with E-state index in [0.29, 0.717) is 12.6 Å². The standard InChI is InChI=1S/C27H29N3O2S/c1-32-22-9-5-8-20(16-22)13-15-30-18-29-26-25(27(30)31)23-11-10-21(17-24(23)33-26)28-14-12-19-6-3-2-4-7-19/h2-9,16,18,21,28H,10-15,17H2,1H3. The smallest absolute Gasteiger partial charge is 0.262 e. The molecule has 5 rings (SSSR count). The molecule has 0 saturated carbocycles. The summed E-state index contributed by atoms with van der Waals surface area (Å²) in [4.78, 5) is 20.2. The van der Waals surface area contributed by atoms with Gasteiger partial charge < -0.3 is 10.1 Å². The third kappa shape index (κ3) is 4.87. The molecule has 1 atom stereocenters. The van der Waals surface area contributed by atoms with Crippen molar-refractivity contribution in [2.45, 2.75) is 44.7 Å². The van der Waals surface area contributed by atoms with Crippen molar-refractivity contribution in [3.63, 3.8) is 0 Å². The highest BCUT2D eigenvalue weighted by atomic mass is 32.1. The number of rotatable bonds is 8. The first-order chi connectivity index (χ1) is 16.2. The lowest BCUT2D eigenvalue weighted by Gasteiger charge is -2.23. The highest BCUT2D eigenvalue weighted by Gasteiger charge is 2.25. The van der Waals surface area contributed by atoms with Crippen LogP contribution in [0.5, 0.6) is 5.75 Å². The van der Waals surface area contributed by atoms with Gasteiger partial charge in [0.2, 0.25) is 0 Å². The summed E-state index contributed by atoms with van der Waals surface area (Å²) in [5, 5.41) is 4.56. The fourth-order valence-corrected chi connectivity index (χ4v) is 5.94. The van der Waals surface area contributed by atoms with Crippen molar-refractivity contribution in [3.05, 3.63) is 92.8 Å². The number of hydrogen-bond donors (Lipinski definition) is 1. The van der Waals surface area contributed by atoms with Crippen molar-refractivity contribution in [1.82, 2.24) is 14.9 Å². The Morgan fingerprint density at radius 3 is 2.82 bits per heavy atom. The molecule has 0 saturated heterocycles. The number of aryl methyl sites for hydroxylation is 3. The van der Waals surface area contributed by atoms with E-state index in [1.54, 1.807) is 29.3 Å². The molecule has 0 bridgehead atoms. The zero-order chi connectivity index (χ0) is 22.6. The van der Waals surface area contributed by atoms with Crippen LogP contribution in [0.4, 0.5) is 0 Å². The average molecular weight is 460 g/mol. The molecule has 0 fully saturated rings. The first-order valence-electron chi connectivity index (χ1n) is 11.6. The van der Waals surface area contributed by atoms with Crippen LogP contribution in [0.15, 0.2) is 65.7 Å². The number of nitrogens with one attached hydrogen (secondary N) is 1. The molecule has 5 nitrogen and oxygen atoms in total. The van der Waals surface area contributed by atoms with Crippen LogP contribution in [-0.2, 0) is 32.2 Å². The second kappa shape index (κ2) is 9.89.